The second kappa shape index (κ2) is 9.47. The number of carbonyl (C=O) groups is 3. The van der Waals surface area contributed by atoms with Crippen molar-refractivity contribution in [1.29, 1.82) is 0 Å². The van der Waals surface area contributed by atoms with E-state index in [1.54, 1.807) is 24.3 Å². The van der Waals surface area contributed by atoms with Crippen molar-refractivity contribution in [2.45, 2.75) is 32.7 Å². The summed E-state index contributed by atoms with van der Waals surface area (Å²) in [5.74, 6) is -0.0949. The predicted molar refractivity (Wildman–Crippen MR) is 114 cm³/mol. The lowest BCUT2D eigenvalue weighted by Gasteiger charge is -2.34. The van der Waals surface area contributed by atoms with Crippen LogP contribution < -0.4 is 10.6 Å². The molecule has 6 heteroatoms. The predicted octanol–water partition coefficient (Wildman–Crippen LogP) is 3.57. The number of likely N-dealkylation sites (tertiary alicyclic amines) is 1. The van der Waals surface area contributed by atoms with Crippen molar-refractivity contribution < 1.29 is 14.4 Å². The number of para-hydroxylation sites is 1. The van der Waals surface area contributed by atoms with Gasteiger partial charge in [0.1, 0.15) is 0 Å². The van der Waals surface area contributed by atoms with Gasteiger partial charge >= 0.3 is 0 Å². The summed E-state index contributed by atoms with van der Waals surface area (Å²) in [6.07, 6.45) is 1.45. The van der Waals surface area contributed by atoms with Gasteiger partial charge in [0.05, 0.1) is 6.04 Å². The molecule has 1 fully saturated rings. The largest absolute Gasteiger partial charge is 0.326 e. The Morgan fingerprint density at radius 2 is 1.48 bits per heavy atom. The Hall–Kier alpha value is -2.99. The molecule has 2 N–H and O–H groups in total. The number of amides is 2. The standard InChI is InChI=1S/C23H27N3O3/c1-16(22(28)24-21-10-8-18(9-11-21)17(2)27)26-14-12-19(13-15-26)23(29)25-20-6-4-3-5-7-20/h3-11,16,19H,12-15H2,1-2H3,(H,24,28)(H,25,29)/t16-/m1/s1. The minimum absolute atomic E-state index is 0.00424. The first kappa shape index (κ1) is 20.7. The molecule has 0 unspecified atom stereocenters. The smallest absolute Gasteiger partial charge is 0.241 e. The molecule has 0 spiro atoms. The van der Waals surface area contributed by atoms with Gasteiger partial charge in [0.25, 0.3) is 0 Å². The van der Waals surface area contributed by atoms with Crippen molar-refractivity contribution in [3.63, 3.8) is 0 Å². The van der Waals surface area contributed by atoms with E-state index in [9.17, 15) is 14.4 Å². The van der Waals surface area contributed by atoms with E-state index in [0.717, 1.165) is 18.5 Å². The second-order valence-electron chi connectivity index (χ2n) is 7.46. The third kappa shape index (κ3) is 5.51. The molecule has 0 bridgehead atoms. The van der Waals surface area contributed by atoms with Gasteiger partial charge in [-0.25, -0.2) is 0 Å². The molecule has 3 rings (SSSR count). The summed E-state index contributed by atoms with van der Waals surface area (Å²) >= 11 is 0. The highest BCUT2D eigenvalue weighted by atomic mass is 16.2. The minimum atomic E-state index is -0.291. The van der Waals surface area contributed by atoms with Gasteiger partial charge in [0.2, 0.25) is 11.8 Å². The molecule has 29 heavy (non-hydrogen) atoms. The number of nitrogens with zero attached hydrogens (tertiary/aromatic N) is 1. The number of hydrogen-bond acceptors (Lipinski definition) is 4. The maximum absolute atomic E-state index is 12.6. The fourth-order valence-corrected chi connectivity index (χ4v) is 3.52. The Morgan fingerprint density at radius 3 is 2.07 bits per heavy atom. The van der Waals surface area contributed by atoms with Gasteiger partial charge in [-0.2, -0.15) is 0 Å². The summed E-state index contributed by atoms with van der Waals surface area (Å²) in [4.78, 5) is 38.5. The van der Waals surface area contributed by atoms with Crippen molar-refractivity contribution in [3.05, 3.63) is 60.2 Å². The molecule has 1 atom stereocenters. The quantitative estimate of drug-likeness (QED) is 0.736. The first-order chi connectivity index (χ1) is 13.9. The highest BCUT2D eigenvalue weighted by Gasteiger charge is 2.29. The zero-order chi connectivity index (χ0) is 20.8. The van der Waals surface area contributed by atoms with Gasteiger partial charge in [-0.05, 0) is 76.2 Å². The maximum atomic E-state index is 12.6. The van der Waals surface area contributed by atoms with E-state index in [4.69, 9.17) is 0 Å². The molecule has 1 aliphatic rings. The molecule has 1 aliphatic heterocycles. The number of carbonyl (C=O) groups excluding carboxylic acids is 3. The van der Waals surface area contributed by atoms with Crippen LogP contribution in [0.5, 0.6) is 0 Å². The zero-order valence-corrected chi connectivity index (χ0v) is 16.9. The minimum Gasteiger partial charge on any atom is -0.326 e. The van der Waals surface area contributed by atoms with Crippen LogP contribution in [-0.2, 0) is 9.59 Å². The summed E-state index contributed by atoms with van der Waals surface area (Å²) in [7, 11) is 0. The van der Waals surface area contributed by atoms with Crippen LogP contribution >= 0.6 is 0 Å². The molecule has 0 radical (unpaired) electrons. The van der Waals surface area contributed by atoms with Crippen LogP contribution in [-0.4, -0.2) is 41.6 Å². The molecule has 2 amide bonds. The van der Waals surface area contributed by atoms with Crippen molar-refractivity contribution in [2.24, 2.45) is 5.92 Å². The van der Waals surface area contributed by atoms with Gasteiger partial charge in [0, 0.05) is 22.9 Å². The number of anilines is 2. The van der Waals surface area contributed by atoms with Crippen LogP contribution in [0.2, 0.25) is 0 Å². The fraction of sp³-hybridized carbons (Fsp3) is 0.348. The number of benzene rings is 2. The summed E-state index contributed by atoms with van der Waals surface area (Å²) in [5, 5.41) is 5.86. The molecule has 1 heterocycles. The number of rotatable bonds is 6. The van der Waals surface area contributed by atoms with Gasteiger partial charge in [-0.15, -0.1) is 0 Å². The average molecular weight is 393 g/mol. The SMILES string of the molecule is CC(=O)c1ccc(NC(=O)[C@@H](C)N2CCC(C(=O)Nc3ccccc3)CC2)cc1. The Labute approximate surface area is 171 Å². The molecule has 6 nitrogen and oxygen atoms in total. The van der Waals surface area contributed by atoms with Crippen molar-refractivity contribution in [2.75, 3.05) is 23.7 Å². The van der Waals surface area contributed by atoms with E-state index in [2.05, 4.69) is 15.5 Å². The lowest BCUT2D eigenvalue weighted by molar-refractivity contribution is -0.123. The number of nitrogens with one attached hydrogen (secondary N) is 2. The first-order valence-electron chi connectivity index (χ1n) is 9.96. The molecular formula is C23H27N3O3. The number of ketones is 1. The van der Waals surface area contributed by atoms with E-state index >= 15 is 0 Å². The Morgan fingerprint density at radius 1 is 0.897 bits per heavy atom. The van der Waals surface area contributed by atoms with Crippen molar-refractivity contribution in [1.82, 2.24) is 4.90 Å². The Bertz CT molecular complexity index is 857. The van der Waals surface area contributed by atoms with Gasteiger partial charge in [0.15, 0.2) is 5.78 Å². The van der Waals surface area contributed by atoms with Crippen LogP contribution in [0.25, 0.3) is 0 Å². The van der Waals surface area contributed by atoms with Crippen molar-refractivity contribution in [3.8, 4) is 0 Å². The van der Waals surface area contributed by atoms with Crippen LogP contribution in [0.1, 0.15) is 37.0 Å². The topological polar surface area (TPSA) is 78.5 Å². The summed E-state index contributed by atoms with van der Waals surface area (Å²) in [6.45, 7) is 4.79. The monoisotopic (exact) mass is 393 g/mol. The van der Waals surface area contributed by atoms with Gasteiger partial charge in [-0.1, -0.05) is 18.2 Å². The van der Waals surface area contributed by atoms with E-state index < -0.39 is 0 Å². The summed E-state index contributed by atoms with van der Waals surface area (Å²) < 4.78 is 0. The zero-order valence-electron chi connectivity index (χ0n) is 16.9. The van der Waals surface area contributed by atoms with E-state index in [1.807, 2.05) is 37.3 Å². The molecule has 152 valence electrons. The molecule has 1 saturated heterocycles. The molecule has 2 aromatic rings. The molecular weight excluding hydrogens is 366 g/mol. The van der Waals surface area contributed by atoms with E-state index in [-0.39, 0.29) is 29.6 Å². The molecule has 0 aliphatic carbocycles. The maximum Gasteiger partial charge on any atom is 0.241 e. The van der Waals surface area contributed by atoms with Crippen LogP contribution in [0.15, 0.2) is 54.6 Å². The number of piperidine rings is 1. The van der Waals surface area contributed by atoms with Crippen LogP contribution in [0.4, 0.5) is 11.4 Å². The molecule has 0 aromatic heterocycles. The highest BCUT2D eigenvalue weighted by Crippen LogP contribution is 2.21. The first-order valence-corrected chi connectivity index (χ1v) is 9.96. The van der Waals surface area contributed by atoms with Crippen molar-refractivity contribution >= 4 is 29.0 Å². The van der Waals surface area contributed by atoms with Gasteiger partial charge in [-0.3, -0.25) is 19.3 Å². The third-order valence-corrected chi connectivity index (χ3v) is 5.43. The Balaban J connectivity index is 1.48. The highest BCUT2D eigenvalue weighted by molar-refractivity contribution is 5.97. The Kier molecular flexibility index (Phi) is 6.77. The summed E-state index contributed by atoms with van der Waals surface area (Å²) in [5.41, 5.74) is 2.10. The lowest BCUT2D eigenvalue weighted by atomic mass is 9.94. The normalized spacial score (nSPS) is 16.1. The summed E-state index contributed by atoms with van der Waals surface area (Å²) in [6, 6.07) is 16.1. The van der Waals surface area contributed by atoms with Crippen LogP contribution in [0, 0.1) is 5.92 Å². The number of Topliss-reactive ketones (excluding diaryl/α,β-unsaturated/α-hetero) is 1. The molecule has 2 aromatic carbocycles. The van der Waals surface area contributed by atoms with Gasteiger partial charge < -0.3 is 10.6 Å². The lowest BCUT2D eigenvalue weighted by Crippen LogP contribution is -2.47. The van der Waals surface area contributed by atoms with E-state index in [0.29, 0.717) is 24.3 Å². The second-order valence-corrected chi connectivity index (χ2v) is 7.46. The third-order valence-electron chi connectivity index (χ3n) is 5.43. The average Bonchev–Trinajstić information content (AvgIpc) is 2.74. The van der Waals surface area contributed by atoms with Crippen LogP contribution in [0.3, 0.4) is 0 Å². The fourth-order valence-electron chi connectivity index (χ4n) is 3.52. The number of hydrogen-bond donors (Lipinski definition) is 2. The molecule has 0 saturated carbocycles. The van der Waals surface area contributed by atoms with E-state index in [1.165, 1.54) is 6.92 Å².